The van der Waals surface area contributed by atoms with E-state index in [-0.39, 0.29) is 30.7 Å². The Morgan fingerprint density at radius 3 is 2.48 bits per heavy atom. The number of rotatable bonds is 9. The Labute approximate surface area is 334 Å². The van der Waals surface area contributed by atoms with Crippen molar-refractivity contribution in [1.29, 1.82) is 0 Å². The predicted octanol–water partition coefficient (Wildman–Crippen LogP) is 4.28. The number of alkyl halides is 2. The van der Waals surface area contributed by atoms with Gasteiger partial charge in [0.25, 0.3) is 11.8 Å². The van der Waals surface area contributed by atoms with Crippen molar-refractivity contribution in [1.82, 2.24) is 25.2 Å². The second kappa shape index (κ2) is 15.5. The molecule has 15 nitrogen and oxygen atoms in total. The first-order valence-electron chi connectivity index (χ1n) is 19.2. The molecule has 4 aliphatic rings. The van der Waals surface area contributed by atoms with Gasteiger partial charge in [-0.05, 0) is 84.9 Å². The van der Waals surface area contributed by atoms with Crippen LogP contribution >= 0.6 is 0 Å². The van der Waals surface area contributed by atoms with Crippen LogP contribution in [0.2, 0.25) is 0 Å². The number of hydrogen-bond donors (Lipinski definition) is 3. The fourth-order valence-corrected chi connectivity index (χ4v) is 8.47. The zero-order valence-electron chi connectivity index (χ0n) is 33.4. The van der Waals surface area contributed by atoms with Crippen molar-refractivity contribution in [3.8, 4) is 11.6 Å². The third-order valence-electron chi connectivity index (χ3n) is 11.7. The number of nitrogens with zero attached hydrogens (tertiary/aromatic N) is 2. The van der Waals surface area contributed by atoms with E-state index >= 15 is 0 Å². The zero-order valence-corrected chi connectivity index (χ0v) is 34.2. The van der Waals surface area contributed by atoms with E-state index in [9.17, 15) is 40.8 Å². The first kappa shape index (κ1) is 42.9. The molecule has 19 heteroatoms. The van der Waals surface area contributed by atoms with Crippen LogP contribution in [-0.2, 0) is 33.9 Å². The van der Waals surface area contributed by atoms with Crippen molar-refractivity contribution in [2.75, 3.05) is 13.7 Å². The highest BCUT2D eigenvalue weighted by atomic mass is 32.2. The van der Waals surface area contributed by atoms with Crippen LogP contribution in [0, 0.1) is 11.7 Å². The monoisotopic (exact) mass is 837 g/mol. The van der Waals surface area contributed by atoms with E-state index in [0.717, 1.165) is 18.7 Å². The van der Waals surface area contributed by atoms with E-state index < -0.39 is 97.8 Å². The minimum absolute atomic E-state index is 0.0376. The second-order valence-electron chi connectivity index (χ2n) is 16.5. The number of benzene rings is 1. The van der Waals surface area contributed by atoms with Crippen LogP contribution < -0.4 is 24.8 Å². The molecule has 318 valence electrons. The molecule has 0 bridgehead atoms. The summed E-state index contributed by atoms with van der Waals surface area (Å²) in [6.07, 6.45) is 2.41. The number of sulfonamides is 1. The fraction of sp³-hybridized carbons (Fsp3) is 0.615. The number of aromatic nitrogens is 1. The summed E-state index contributed by atoms with van der Waals surface area (Å²) in [7, 11) is -2.68. The minimum Gasteiger partial charge on any atom is -0.494 e. The van der Waals surface area contributed by atoms with Gasteiger partial charge >= 0.3 is 6.09 Å². The Morgan fingerprint density at radius 2 is 1.83 bits per heavy atom. The van der Waals surface area contributed by atoms with Gasteiger partial charge in [0.1, 0.15) is 35.3 Å². The lowest BCUT2D eigenvalue weighted by Gasteiger charge is -2.35. The van der Waals surface area contributed by atoms with Gasteiger partial charge in [0, 0.05) is 24.6 Å². The minimum atomic E-state index is -4.10. The largest absolute Gasteiger partial charge is 0.494 e. The molecule has 0 spiro atoms. The summed E-state index contributed by atoms with van der Waals surface area (Å²) in [6, 6.07) is 0.930. The normalized spacial score (nSPS) is 29.4. The van der Waals surface area contributed by atoms with Crippen LogP contribution in [0.5, 0.6) is 11.6 Å². The SMILES string of the molecule is COc1cnc(O[C@@H]2C[C@H]3C(=O)N[C@]4(C(=O)NS(=O)(=O)C5(C)CC5)C[C@H]4/C=C\CC[C@@H](C)O[C@@H](C)[C@H](NC(=O)OC(C)(C)C(C)(F)F)C(=O)N3C2)c2cc(F)ccc12. The number of carbonyl (C=O) groups is 4. The molecule has 1 saturated heterocycles. The van der Waals surface area contributed by atoms with Crippen LogP contribution in [-0.4, -0.2) is 108 Å². The van der Waals surface area contributed by atoms with Gasteiger partial charge in [-0.25, -0.2) is 31.4 Å². The van der Waals surface area contributed by atoms with E-state index in [1.807, 2.05) is 0 Å². The van der Waals surface area contributed by atoms with Crippen molar-refractivity contribution in [2.45, 2.75) is 132 Å². The molecule has 3 fully saturated rings. The summed E-state index contributed by atoms with van der Waals surface area (Å²) >= 11 is 0. The van der Waals surface area contributed by atoms with Gasteiger partial charge in [-0.3, -0.25) is 19.1 Å². The highest BCUT2D eigenvalue weighted by molar-refractivity contribution is 7.91. The number of fused-ring (bicyclic) bond motifs is 3. The van der Waals surface area contributed by atoms with E-state index in [2.05, 4.69) is 20.3 Å². The first-order chi connectivity index (χ1) is 27.0. The Morgan fingerprint density at radius 1 is 1.12 bits per heavy atom. The van der Waals surface area contributed by atoms with Crippen molar-refractivity contribution in [3.05, 3.63) is 42.4 Å². The number of halogens is 3. The molecule has 7 atom stereocenters. The van der Waals surface area contributed by atoms with Gasteiger partial charge in [0.2, 0.25) is 27.7 Å². The molecule has 6 rings (SSSR count). The number of hydrogen-bond acceptors (Lipinski definition) is 11. The average Bonchev–Trinajstić information content (AvgIpc) is 4.01. The van der Waals surface area contributed by atoms with Gasteiger partial charge in [-0.15, -0.1) is 0 Å². The summed E-state index contributed by atoms with van der Waals surface area (Å²) in [5, 5.41) is 5.85. The van der Waals surface area contributed by atoms with Crippen LogP contribution in [0.3, 0.4) is 0 Å². The molecule has 2 aliphatic heterocycles. The molecule has 1 aromatic heterocycles. The smallest absolute Gasteiger partial charge is 0.408 e. The average molecular weight is 838 g/mol. The highest BCUT2D eigenvalue weighted by Gasteiger charge is 2.63. The Hall–Kier alpha value is -4.65. The Kier molecular flexibility index (Phi) is 11.5. The first-order valence-corrected chi connectivity index (χ1v) is 20.7. The molecule has 2 aromatic rings. The van der Waals surface area contributed by atoms with Gasteiger partial charge in [-0.2, -0.15) is 0 Å². The summed E-state index contributed by atoms with van der Waals surface area (Å²) in [5.41, 5.74) is -3.97. The van der Waals surface area contributed by atoms with Crippen molar-refractivity contribution in [2.24, 2.45) is 5.92 Å². The molecule has 3 N–H and O–H groups in total. The number of nitrogens with one attached hydrogen (secondary N) is 3. The molecular weight excluding hydrogens is 788 g/mol. The van der Waals surface area contributed by atoms with Gasteiger partial charge in [0.15, 0.2) is 5.60 Å². The summed E-state index contributed by atoms with van der Waals surface area (Å²) in [5.74, 6) is -6.98. The van der Waals surface area contributed by atoms with Crippen LogP contribution in [0.1, 0.15) is 80.1 Å². The number of ether oxygens (including phenoxy) is 4. The topological polar surface area (TPSA) is 192 Å². The Bertz CT molecular complexity index is 2110. The number of methoxy groups -OCH3 is 1. The maximum Gasteiger partial charge on any atom is 0.408 e. The lowest BCUT2D eigenvalue weighted by molar-refractivity contribution is -0.153. The number of alkyl carbamates (subject to hydrolysis) is 1. The number of allylic oxidation sites excluding steroid dienone is 1. The summed E-state index contributed by atoms with van der Waals surface area (Å²) in [6.45, 7) is 7.08. The third-order valence-corrected chi connectivity index (χ3v) is 13.8. The second-order valence-corrected chi connectivity index (χ2v) is 18.7. The van der Waals surface area contributed by atoms with E-state index in [1.165, 1.54) is 45.4 Å². The van der Waals surface area contributed by atoms with Crippen LogP contribution in [0.4, 0.5) is 18.0 Å². The molecule has 4 amide bonds. The van der Waals surface area contributed by atoms with E-state index in [1.54, 1.807) is 19.1 Å². The van der Waals surface area contributed by atoms with Crippen molar-refractivity contribution >= 4 is 44.6 Å². The van der Waals surface area contributed by atoms with Crippen LogP contribution in [0.25, 0.3) is 10.8 Å². The van der Waals surface area contributed by atoms with Crippen LogP contribution in [0.15, 0.2) is 36.5 Å². The summed E-state index contributed by atoms with van der Waals surface area (Å²) in [4.78, 5) is 61.7. The standard InChI is InChI=1S/C39H50F3N5O10S/c1-21-10-8-9-11-23-18-39(23,34(50)46-58(52,53)37(5)14-15-37)45-31(48)28-17-25(56-32-27-16-24(40)12-13-26(27)29(54-7)19-43-32)20-47(28)33(49)30(22(2)55-21)44-35(51)57-36(3,4)38(6,41)42/h9,11-13,16,19,21-23,25,28,30H,8,10,14-15,17-18,20H2,1-7H3,(H,44,51)(H,45,48)(H,46,50)/b11-9-/t21-,22+,23-,25-,28+,30+,39-/m1/s1. The molecular formula is C39H50F3N5O10S. The maximum absolute atomic E-state index is 14.7. The molecule has 58 heavy (non-hydrogen) atoms. The van der Waals surface area contributed by atoms with E-state index in [0.29, 0.717) is 43.7 Å². The predicted molar refractivity (Wildman–Crippen MR) is 203 cm³/mol. The number of pyridine rings is 1. The van der Waals surface area contributed by atoms with Crippen molar-refractivity contribution < 1.29 is 59.7 Å². The quantitative estimate of drug-likeness (QED) is 0.306. The van der Waals surface area contributed by atoms with Gasteiger partial charge in [-0.1, -0.05) is 12.2 Å². The third kappa shape index (κ3) is 8.56. The molecule has 1 aromatic carbocycles. The molecule has 3 heterocycles. The lowest BCUT2D eigenvalue weighted by atomic mass is 10.0. The molecule has 0 radical (unpaired) electrons. The summed E-state index contributed by atoms with van der Waals surface area (Å²) < 4.78 is 93.5. The van der Waals surface area contributed by atoms with E-state index in [4.69, 9.17) is 18.9 Å². The molecule has 2 saturated carbocycles. The van der Waals surface area contributed by atoms with Gasteiger partial charge in [0.05, 0.1) is 42.2 Å². The highest BCUT2D eigenvalue weighted by Crippen LogP contribution is 2.47. The molecule has 0 unspecified atom stereocenters. The maximum atomic E-state index is 14.7. The fourth-order valence-electron chi connectivity index (χ4n) is 7.16. The van der Waals surface area contributed by atoms with Gasteiger partial charge < -0.3 is 34.5 Å². The Balaban J connectivity index is 1.36. The number of carbonyl (C=O) groups excluding carboxylic acids is 4. The van der Waals surface area contributed by atoms with Crippen molar-refractivity contribution in [3.63, 3.8) is 0 Å². The lowest BCUT2D eigenvalue weighted by Crippen LogP contribution is -2.60. The zero-order chi connectivity index (χ0) is 42.6. The number of amides is 4. The molecule has 2 aliphatic carbocycles.